The molecule has 12 heavy (non-hydrogen) atoms. The van der Waals surface area contributed by atoms with Gasteiger partial charge in [-0.15, -0.1) is 4.91 Å². The lowest BCUT2D eigenvalue weighted by atomic mass is 10.2. The van der Waals surface area contributed by atoms with Gasteiger partial charge in [-0.2, -0.15) is 13.8 Å². The predicted octanol–water partition coefficient (Wildman–Crippen LogP) is 1.27. The second-order valence-electron chi connectivity index (χ2n) is 1.90. The Balaban J connectivity index is 3.17. The van der Waals surface area contributed by atoms with Gasteiger partial charge in [0.15, 0.2) is 0 Å². The van der Waals surface area contributed by atoms with Gasteiger partial charge < -0.3 is 0 Å². The van der Waals surface area contributed by atoms with E-state index in [1.165, 1.54) is 0 Å². The molecule has 1 aromatic rings. The van der Waals surface area contributed by atoms with Gasteiger partial charge in [-0.3, -0.25) is 4.79 Å². The average molecular weight is 172 g/mol. The summed E-state index contributed by atoms with van der Waals surface area (Å²) in [5.74, 6) is -3.56. The largest absolute Gasteiger partial charge is 0.317 e. The van der Waals surface area contributed by atoms with Crippen molar-refractivity contribution >= 4 is 5.91 Å². The van der Waals surface area contributed by atoms with E-state index in [1.54, 1.807) is 0 Å². The van der Waals surface area contributed by atoms with Gasteiger partial charge in [-0.1, -0.05) is 0 Å². The summed E-state index contributed by atoms with van der Waals surface area (Å²) in [4.78, 5) is 22.9. The fraction of sp³-hybridized carbons (Fsp3) is 0. The number of nitrogens with zero attached hydrogens (tertiary/aromatic N) is 2. The minimum atomic E-state index is -1.23. The van der Waals surface area contributed by atoms with Crippen LogP contribution in [0.25, 0.3) is 0 Å². The summed E-state index contributed by atoms with van der Waals surface area (Å²) >= 11 is 0. The van der Waals surface area contributed by atoms with E-state index in [0.717, 1.165) is 0 Å². The molecular formula is C6H2F2N2O2. The van der Waals surface area contributed by atoms with E-state index in [9.17, 15) is 18.5 Å². The molecule has 0 unspecified atom stereocenters. The Bertz CT molecular complexity index is 320. The highest BCUT2D eigenvalue weighted by molar-refractivity contribution is 5.94. The third kappa shape index (κ3) is 1.66. The second kappa shape index (κ2) is 3.12. The Morgan fingerprint density at radius 3 is 2.25 bits per heavy atom. The van der Waals surface area contributed by atoms with Crippen molar-refractivity contribution in [3.63, 3.8) is 0 Å². The smallest absolute Gasteiger partial charge is 0.263 e. The van der Waals surface area contributed by atoms with Crippen LogP contribution in [0.5, 0.6) is 0 Å². The third-order valence-electron chi connectivity index (χ3n) is 1.09. The number of nitroso groups, excluding NO2 is 1. The fourth-order valence-corrected chi connectivity index (χ4v) is 0.641. The van der Waals surface area contributed by atoms with Crippen molar-refractivity contribution in [3.8, 4) is 0 Å². The van der Waals surface area contributed by atoms with Crippen molar-refractivity contribution in [2.24, 2.45) is 5.18 Å². The molecule has 1 heterocycles. The Morgan fingerprint density at radius 2 is 1.83 bits per heavy atom. The van der Waals surface area contributed by atoms with E-state index < -0.39 is 23.4 Å². The van der Waals surface area contributed by atoms with Crippen LogP contribution in [0, 0.1) is 16.8 Å². The standard InChI is InChI=1S/C6H2F2N2O2/c7-4-1-3(6(11)10-12)2-5(8)9-4/h1-2H. The Morgan fingerprint density at radius 1 is 1.33 bits per heavy atom. The number of hydrogen-bond donors (Lipinski definition) is 0. The summed E-state index contributed by atoms with van der Waals surface area (Å²) in [5, 5.41) is 1.99. The molecule has 0 N–H and O–H groups in total. The first-order chi connectivity index (χ1) is 5.63. The monoisotopic (exact) mass is 172 g/mol. The highest BCUT2D eigenvalue weighted by Crippen LogP contribution is 2.05. The number of hydrogen-bond acceptors (Lipinski definition) is 3. The van der Waals surface area contributed by atoms with Gasteiger partial charge in [-0.05, 0) is 0 Å². The minimum Gasteiger partial charge on any atom is -0.263 e. The summed E-state index contributed by atoms with van der Waals surface area (Å²) in [5.41, 5.74) is -0.449. The van der Waals surface area contributed by atoms with Gasteiger partial charge in [-0.25, -0.2) is 0 Å². The van der Waals surface area contributed by atoms with E-state index in [1.807, 2.05) is 5.18 Å². The summed E-state index contributed by atoms with van der Waals surface area (Å²) in [7, 11) is 0. The number of rotatable bonds is 1. The van der Waals surface area contributed by atoms with E-state index >= 15 is 0 Å². The van der Waals surface area contributed by atoms with Crippen molar-refractivity contribution < 1.29 is 13.6 Å². The van der Waals surface area contributed by atoms with Crippen LogP contribution in [-0.4, -0.2) is 10.9 Å². The second-order valence-corrected chi connectivity index (χ2v) is 1.90. The van der Waals surface area contributed by atoms with Crippen molar-refractivity contribution in [1.29, 1.82) is 0 Å². The molecule has 4 nitrogen and oxygen atoms in total. The van der Waals surface area contributed by atoms with Crippen LogP contribution in [0.2, 0.25) is 0 Å². The minimum absolute atomic E-state index is 0.449. The molecule has 0 spiro atoms. The first kappa shape index (κ1) is 8.38. The van der Waals surface area contributed by atoms with Gasteiger partial charge in [0.05, 0.1) is 5.56 Å². The van der Waals surface area contributed by atoms with Crippen LogP contribution >= 0.6 is 0 Å². The SMILES string of the molecule is O=NC(=O)c1cc(F)nc(F)c1. The molecule has 0 radical (unpaired) electrons. The Kier molecular flexibility index (Phi) is 2.18. The van der Waals surface area contributed by atoms with Gasteiger partial charge >= 0.3 is 5.91 Å². The van der Waals surface area contributed by atoms with Gasteiger partial charge in [0.1, 0.15) is 0 Å². The van der Waals surface area contributed by atoms with Crippen molar-refractivity contribution in [3.05, 3.63) is 34.5 Å². The zero-order chi connectivity index (χ0) is 9.14. The third-order valence-corrected chi connectivity index (χ3v) is 1.09. The predicted molar refractivity (Wildman–Crippen MR) is 34.3 cm³/mol. The molecule has 0 aromatic carbocycles. The number of carbonyl (C=O) groups is 1. The number of amides is 1. The molecule has 1 rings (SSSR count). The molecule has 0 aliphatic rings. The summed E-state index contributed by atoms with van der Waals surface area (Å²) < 4.78 is 24.6. The highest BCUT2D eigenvalue weighted by atomic mass is 19.1. The lowest BCUT2D eigenvalue weighted by Gasteiger charge is -1.92. The summed E-state index contributed by atoms with van der Waals surface area (Å²) in [6, 6.07) is 1.26. The molecule has 0 aliphatic carbocycles. The van der Waals surface area contributed by atoms with Crippen LogP contribution in [0.15, 0.2) is 17.3 Å². The number of carbonyl (C=O) groups excluding carboxylic acids is 1. The number of halogens is 2. The molecule has 0 saturated carbocycles. The number of aromatic nitrogens is 1. The lowest BCUT2D eigenvalue weighted by Crippen LogP contribution is -1.98. The first-order valence-electron chi connectivity index (χ1n) is 2.84. The van der Waals surface area contributed by atoms with Crippen molar-refractivity contribution in [2.75, 3.05) is 0 Å². The maximum absolute atomic E-state index is 12.3. The maximum Gasteiger partial charge on any atom is 0.317 e. The van der Waals surface area contributed by atoms with Crippen molar-refractivity contribution in [1.82, 2.24) is 4.98 Å². The van der Waals surface area contributed by atoms with Crippen LogP contribution in [0.1, 0.15) is 10.4 Å². The van der Waals surface area contributed by atoms with Crippen LogP contribution < -0.4 is 0 Å². The van der Waals surface area contributed by atoms with E-state index in [4.69, 9.17) is 0 Å². The molecule has 0 saturated heterocycles. The van der Waals surface area contributed by atoms with Crippen molar-refractivity contribution in [2.45, 2.75) is 0 Å². The zero-order valence-electron chi connectivity index (χ0n) is 5.62. The van der Waals surface area contributed by atoms with Gasteiger partial charge in [0, 0.05) is 17.3 Å². The molecule has 1 amide bonds. The molecule has 6 heteroatoms. The molecule has 0 fully saturated rings. The fourth-order valence-electron chi connectivity index (χ4n) is 0.641. The Hall–Kier alpha value is -1.72. The zero-order valence-corrected chi connectivity index (χ0v) is 5.62. The van der Waals surface area contributed by atoms with Crippen LogP contribution in [0.3, 0.4) is 0 Å². The first-order valence-corrected chi connectivity index (χ1v) is 2.84. The normalized spacial score (nSPS) is 9.50. The van der Waals surface area contributed by atoms with E-state index in [2.05, 4.69) is 4.98 Å². The van der Waals surface area contributed by atoms with Gasteiger partial charge in [0.2, 0.25) is 11.9 Å². The lowest BCUT2D eigenvalue weighted by molar-refractivity contribution is 0.0999. The summed E-state index contributed by atoms with van der Waals surface area (Å²) in [6.45, 7) is 0. The molecule has 62 valence electrons. The van der Waals surface area contributed by atoms with E-state index in [0.29, 0.717) is 12.1 Å². The number of pyridine rings is 1. The maximum atomic E-state index is 12.3. The van der Waals surface area contributed by atoms with E-state index in [-0.39, 0.29) is 0 Å². The average Bonchev–Trinajstić information content (AvgIpc) is 2.01. The highest BCUT2D eigenvalue weighted by Gasteiger charge is 2.09. The topological polar surface area (TPSA) is 59.4 Å². The molecule has 0 aliphatic heterocycles. The molecular weight excluding hydrogens is 170 g/mol. The molecule has 0 bridgehead atoms. The van der Waals surface area contributed by atoms with Gasteiger partial charge in [0.25, 0.3) is 0 Å². The quantitative estimate of drug-likeness (QED) is 0.473. The summed E-state index contributed by atoms with van der Waals surface area (Å²) in [6.07, 6.45) is 0. The molecule has 0 atom stereocenters. The molecule has 1 aromatic heterocycles. The Labute approximate surface area is 65.2 Å². The van der Waals surface area contributed by atoms with Crippen LogP contribution in [-0.2, 0) is 0 Å². The van der Waals surface area contributed by atoms with Crippen LogP contribution in [0.4, 0.5) is 8.78 Å².